The first-order valence-corrected chi connectivity index (χ1v) is 13.0. The van der Waals surface area contributed by atoms with E-state index < -0.39 is 16.1 Å². The number of phenolic OH excluding ortho intramolecular Hbond substituents is 1. The third kappa shape index (κ3) is 5.06. The first-order chi connectivity index (χ1) is 15.8. The van der Waals surface area contributed by atoms with Crippen LogP contribution in [-0.2, 0) is 14.8 Å². The Bertz CT molecular complexity index is 1100. The van der Waals surface area contributed by atoms with Gasteiger partial charge < -0.3 is 10.4 Å². The molecule has 1 amide bonds. The SMILES string of the molecule is CCC1CCCCN1S(=O)(=O)c1ccc(NC(=O)C2CC(c3cc(C)ccc3O)NN2)cc1. The fraction of sp³-hybridized carbons (Fsp3) is 0.458. The maximum Gasteiger partial charge on any atom is 0.243 e. The molecule has 33 heavy (non-hydrogen) atoms. The summed E-state index contributed by atoms with van der Waals surface area (Å²) >= 11 is 0. The highest BCUT2D eigenvalue weighted by Crippen LogP contribution is 2.31. The zero-order chi connectivity index (χ0) is 23.6. The van der Waals surface area contributed by atoms with E-state index in [1.54, 1.807) is 34.6 Å². The van der Waals surface area contributed by atoms with Gasteiger partial charge in [-0.15, -0.1) is 0 Å². The van der Waals surface area contributed by atoms with E-state index in [4.69, 9.17) is 0 Å². The van der Waals surface area contributed by atoms with E-state index in [0.29, 0.717) is 18.7 Å². The molecule has 4 rings (SSSR count). The van der Waals surface area contributed by atoms with Gasteiger partial charge in [-0.3, -0.25) is 4.79 Å². The number of hydrogen-bond acceptors (Lipinski definition) is 6. The highest BCUT2D eigenvalue weighted by molar-refractivity contribution is 7.89. The first-order valence-electron chi connectivity index (χ1n) is 11.5. The summed E-state index contributed by atoms with van der Waals surface area (Å²) < 4.78 is 27.9. The molecule has 0 aromatic heterocycles. The molecule has 2 saturated heterocycles. The molecule has 2 aromatic rings. The van der Waals surface area contributed by atoms with E-state index in [0.717, 1.165) is 36.8 Å². The lowest BCUT2D eigenvalue weighted by Gasteiger charge is -2.34. The van der Waals surface area contributed by atoms with Crippen molar-refractivity contribution in [3.63, 3.8) is 0 Å². The average molecular weight is 473 g/mol. The molecule has 0 aliphatic carbocycles. The Hall–Kier alpha value is -2.46. The highest BCUT2D eigenvalue weighted by Gasteiger charge is 2.33. The fourth-order valence-electron chi connectivity index (χ4n) is 4.66. The Labute approximate surface area is 195 Å². The van der Waals surface area contributed by atoms with E-state index >= 15 is 0 Å². The van der Waals surface area contributed by atoms with Crippen LogP contribution in [0.4, 0.5) is 5.69 Å². The molecule has 178 valence electrons. The van der Waals surface area contributed by atoms with Crippen LogP contribution in [0, 0.1) is 6.92 Å². The molecular formula is C24H32N4O4S. The lowest BCUT2D eigenvalue weighted by molar-refractivity contribution is -0.117. The number of anilines is 1. The number of nitrogens with one attached hydrogen (secondary N) is 3. The Morgan fingerprint density at radius 3 is 2.64 bits per heavy atom. The number of aromatic hydroxyl groups is 1. The van der Waals surface area contributed by atoms with Crippen molar-refractivity contribution in [1.82, 2.24) is 15.2 Å². The Morgan fingerprint density at radius 2 is 1.91 bits per heavy atom. The Balaban J connectivity index is 1.40. The van der Waals surface area contributed by atoms with Crippen molar-refractivity contribution >= 4 is 21.6 Å². The summed E-state index contributed by atoms with van der Waals surface area (Å²) in [6.07, 6.45) is 4.12. The number of aryl methyl sites for hydroxylation is 1. The lowest BCUT2D eigenvalue weighted by Crippen LogP contribution is -2.43. The van der Waals surface area contributed by atoms with Gasteiger partial charge in [-0.05, 0) is 62.9 Å². The van der Waals surface area contributed by atoms with Crippen LogP contribution in [0.15, 0.2) is 47.4 Å². The van der Waals surface area contributed by atoms with Crippen LogP contribution < -0.4 is 16.2 Å². The van der Waals surface area contributed by atoms with Gasteiger partial charge in [0.1, 0.15) is 11.8 Å². The molecule has 2 fully saturated rings. The molecule has 8 nitrogen and oxygen atoms in total. The number of amides is 1. The molecule has 2 aliphatic heterocycles. The van der Waals surface area contributed by atoms with Gasteiger partial charge in [-0.1, -0.05) is 31.0 Å². The van der Waals surface area contributed by atoms with Crippen LogP contribution >= 0.6 is 0 Å². The number of carbonyl (C=O) groups is 1. The second-order valence-electron chi connectivity index (χ2n) is 8.88. The Morgan fingerprint density at radius 1 is 1.15 bits per heavy atom. The number of hydrazine groups is 1. The van der Waals surface area contributed by atoms with Gasteiger partial charge in [-0.2, -0.15) is 4.31 Å². The van der Waals surface area contributed by atoms with Gasteiger partial charge in [0.05, 0.1) is 10.9 Å². The summed E-state index contributed by atoms with van der Waals surface area (Å²) in [6, 6.07) is 11.1. The van der Waals surface area contributed by atoms with Gasteiger partial charge in [-0.25, -0.2) is 19.3 Å². The van der Waals surface area contributed by atoms with Crippen molar-refractivity contribution in [2.45, 2.75) is 69.0 Å². The van der Waals surface area contributed by atoms with E-state index in [1.807, 2.05) is 26.0 Å². The van der Waals surface area contributed by atoms with Gasteiger partial charge in [0.15, 0.2) is 0 Å². The minimum Gasteiger partial charge on any atom is -0.508 e. The molecular weight excluding hydrogens is 440 g/mol. The van der Waals surface area contributed by atoms with Crippen LogP contribution in [0.1, 0.15) is 56.2 Å². The highest BCUT2D eigenvalue weighted by atomic mass is 32.2. The maximum absolute atomic E-state index is 13.1. The number of phenols is 1. The van der Waals surface area contributed by atoms with Crippen LogP contribution in [0.3, 0.4) is 0 Å². The molecule has 0 spiro atoms. The molecule has 2 aromatic carbocycles. The summed E-state index contributed by atoms with van der Waals surface area (Å²) in [4.78, 5) is 13.0. The summed E-state index contributed by atoms with van der Waals surface area (Å²) in [5.41, 5.74) is 8.37. The van der Waals surface area contributed by atoms with Gasteiger partial charge in [0.2, 0.25) is 15.9 Å². The largest absolute Gasteiger partial charge is 0.508 e. The summed E-state index contributed by atoms with van der Waals surface area (Å²) in [5.74, 6) is -0.0356. The minimum atomic E-state index is -3.56. The van der Waals surface area contributed by atoms with Crippen molar-refractivity contribution < 1.29 is 18.3 Å². The van der Waals surface area contributed by atoms with Gasteiger partial charge in [0.25, 0.3) is 0 Å². The molecule has 9 heteroatoms. The molecule has 0 radical (unpaired) electrons. The van der Waals surface area contributed by atoms with E-state index in [1.165, 1.54) is 0 Å². The number of carbonyl (C=O) groups excluding carboxylic acids is 1. The molecule has 3 atom stereocenters. The Kier molecular flexibility index (Phi) is 7.04. The molecule has 0 bridgehead atoms. The van der Waals surface area contributed by atoms with Crippen LogP contribution in [0.25, 0.3) is 0 Å². The predicted octanol–water partition coefficient (Wildman–Crippen LogP) is 3.20. The van der Waals surface area contributed by atoms with Crippen molar-refractivity contribution in [2.75, 3.05) is 11.9 Å². The molecule has 2 heterocycles. The minimum absolute atomic E-state index is 0.0462. The molecule has 3 unspecified atom stereocenters. The number of rotatable bonds is 6. The monoisotopic (exact) mass is 472 g/mol. The smallest absolute Gasteiger partial charge is 0.243 e. The number of benzene rings is 2. The third-order valence-corrected chi connectivity index (χ3v) is 8.52. The fourth-order valence-corrected chi connectivity index (χ4v) is 6.43. The molecule has 4 N–H and O–H groups in total. The standard InChI is InChI=1S/C24H32N4O4S/c1-3-18-6-4-5-13-28(18)33(31,32)19-10-8-17(9-11-19)25-24(30)22-15-21(26-27-22)20-14-16(2)7-12-23(20)29/h7-12,14,18,21-22,26-27,29H,3-6,13,15H2,1-2H3,(H,25,30). The van der Waals surface area contributed by atoms with Crippen molar-refractivity contribution in [1.29, 1.82) is 0 Å². The number of hydrogen-bond donors (Lipinski definition) is 4. The molecule has 2 aliphatic rings. The van der Waals surface area contributed by atoms with E-state index in [-0.39, 0.29) is 28.6 Å². The topological polar surface area (TPSA) is 111 Å². The number of sulfonamides is 1. The van der Waals surface area contributed by atoms with Crippen LogP contribution in [0.2, 0.25) is 0 Å². The molecule has 0 saturated carbocycles. The van der Waals surface area contributed by atoms with Crippen LogP contribution in [0.5, 0.6) is 5.75 Å². The van der Waals surface area contributed by atoms with Gasteiger partial charge in [0, 0.05) is 23.8 Å². The first kappa shape index (κ1) is 23.7. The normalized spacial score (nSPS) is 24.0. The summed E-state index contributed by atoms with van der Waals surface area (Å²) in [5, 5.41) is 13.0. The number of piperidine rings is 1. The quantitative estimate of drug-likeness (QED) is 0.514. The summed E-state index contributed by atoms with van der Waals surface area (Å²) in [7, 11) is -3.56. The van der Waals surface area contributed by atoms with Gasteiger partial charge >= 0.3 is 0 Å². The van der Waals surface area contributed by atoms with Crippen molar-refractivity contribution in [2.24, 2.45) is 0 Å². The van der Waals surface area contributed by atoms with E-state index in [2.05, 4.69) is 16.2 Å². The maximum atomic E-state index is 13.1. The van der Waals surface area contributed by atoms with Crippen LogP contribution in [-0.4, -0.2) is 42.4 Å². The zero-order valence-corrected chi connectivity index (χ0v) is 19.9. The van der Waals surface area contributed by atoms with E-state index in [9.17, 15) is 18.3 Å². The zero-order valence-electron chi connectivity index (χ0n) is 19.0. The number of nitrogens with zero attached hydrogens (tertiary/aromatic N) is 1. The lowest BCUT2D eigenvalue weighted by atomic mass is 9.99. The summed E-state index contributed by atoms with van der Waals surface area (Å²) in [6.45, 7) is 4.53. The second-order valence-corrected chi connectivity index (χ2v) is 10.8. The predicted molar refractivity (Wildman–Crippen MR) is 127 cm³/mol. The van der Waals surface area contributed by atoms with Crippen molar-refractivity contribution in [3.05, 3.63) is 53.6 Å². The third-order valence-electron chi connectivity index (χ3n) is 6.55. The van der Waals surface area contributed by atoms with Crippen molar-refractivity contribution in [3.8, 4) is 5.75 Å². The average Bonchev–Trinajstić information content (AvgIpc) is 3.31. The second kappa shape index (κ2) is 9.80.